The Labute approximate surface area is 139 Å². The molecular weight excluding hydrogens is 314 g/mol. The second-order valence-electron chi connectivity index (χ2n) is 5.00. The Morgan fingerprint density at radius 1 is 1.17 bits per heavy atom. The number of benzene rings is 1. The minimum atomic E-state index is -0.409. The van der Waals surface area contributed by atoms with Crippen LogP contribution >= 0.6 is 11.3 Å². The lowest BCUT2D eigenvalue weighted by molar-refractivity contribution is -0.116. The van der Waals surface area contributed by atoms with Gasteiger partial charge in [-0.2, -0.15) is 0 Å². The van der Waals surface area contributed by atoms with E-state index in [0.29, 0.717) is 16.5 Å². The van der Waals surface area contributed by atoms with Gasteiger partial charge in [-0.3, -0.25) is 4.79 Å². The lowest BCUT2D eigenvalue weighted by Gasteiger charge is -2.10. The average Bonchev–Trinajstić information content (AvgIpc) is 2.99. The van der Waals surface area contributed by atoms with Crippen molar-refractivity contribution in [3.63, 3.8) is 0 Å². The smallest absolute Gasteiger partial charge is 0.348 e. The highest BCUT2D eigenvalue weighted by molar-refractivity contribution is 7.18. The largest absolute Gasteiger partial charge is 0.493 e. The Morgan fingerprint density at radius 2 is 1.96 bits per heavy atom. The molecule has 0 atom stereocenters. The summed E-state index contributed by atoms with van der Waals surface area (Å²) in [7, 11) is 1.32. The number of aryl methyl sites for hydroxylation is 1. The van der Waals surface area contributed by atoms with Gasteiger partial charge in [-0.25, -0.2) is 4.79 Å². The normalized spacial score (nSPS) is 10.2. The maximum absolute atomic E-state index is 11.9. The van der Waals surface area contributed by atoms with Crippen LogP contribution in [0, 0.1) is 13.8 Å². The number of hydrogen-bond donors (Lipinski definition) is 1. The summed E-state index contributed by atoms with van der Waals surface area (Å²) in [6.45, 7) is 4.31. The van der Waals surface area contributed by atoms with E-state index in [2.05, 4.69) is 10.1 Å². The van der Waals surface area contributed by atoms with E-state index in [0.717, 1.165) is 16.9 Å². The van der Waals surface area contributed by atoms with Crippen molar-refractivity contribution in [1.29, 1.82) is 0 Å². The van der Waals surface area contributed by atoms with E-state index in [1.807, 2.05) is 32.0 Å². The fraction of sp³-hybridized carbons (Fsp3) is 0.294. The molecule has 0 aliphatic heterocycles. The van der Waals surface area contributed by atoms with Gasteiger partial charge in [-0.15, -0.1) is 11.3 Å². The van der Waals surface area contributed by atoms with Gasteiger partial charge in [0.25, 0.3) is 0 Å². The third kappa shape index (κ3) is 4.56. The topological polar surface area (TPSA) is 64.6 Å². The van der Waals surface area contributed by atoms with Crippen LogP contribution in [-0.2, 0) is 9.53 Å². The molecule has 1 N–H and O–H groups in total. The summed E-state index contributed by atoms with van der Waals surface area (Å²) in [5.41, 5.74) is 2.23. The summed E-state index contributed by atoms with van der Waals surface area (Å²) in [6, 6.07) is 9.14. The Kier molecular flexibility index (Phi) is 5.76. The molecule has 0 radical (unpaired) electrons. The molecule has 0 aliphatic carbocycles. The highest BCUT2D eigenvalue weighted by atomic mass is 32.1. The number of esters is 1. The molecule has 5 nitrogen and oxygen atoms in total. The van der Waals surface area contributed by atoms with E-state index in [9.17, 15) is 9.59 Å². The number of methoxy groups -OCH3 is 1. The van der Waals surface area contributed by atoms with E-state index >= 15 is 0 Å². The van der Waals surface area contributed by atoms with Gasteiger partial charge in [-0.1, -0.05) is 12.1 Å². The summed E-state index contributed by atoms with van der Waals surface area (Å²) in [6.07, 6.45) is 0.235. The number of nitrogens with one attached hydrogen (secondary N) is 1. The zero-order valence-electron chi connectivity index (χ0n) is 13.3. The van der Waals surface area contributed by atoms with Crippen molar-refractivity contribution in [2.75, 3.05) is 19.0 Å². The first-order valence-corrected chi connectivity index (χ1v) is 8.00. The fourth-order valence-electron chi connectivity index (χ4n) is 1.95. The van der Waals surface area contributed by atoms with Crippen LogP contribution < -0.4 is 10.1 Å². The molecule has 2 aromatic rings. The number of carbonyl (C=O) groups excluding carboxylic acids is 2. The van der Waals surface area contributed by atoms with E-state index in [1.54, 1.807) is 12.1 Å². The first-order valence-electron chi connectivity index (χ1n) is 7.18. The zero-order chi connectivity index (χ0) is 16.8. The van der Waals surface area contributed by atoms with Gasteiger partial charge >= 0.3 is 5.97 Å². The van der Waals surface area contributed by atoms with Crippen molar-refractivity contribution in [2.45, 2.75) is 20.3 Å². The lowest BCUT2D eigenvalue weighted by atomic mass is 10.1. The number of anilines is 1. The second kappa shape index (κ2) is 7.78. The predicted molar refractivity (Wildman–Crippen MR) is 90.3 cm³/mol. The Bertz CT molecular complexity index is 708. The molecule has 2 rings (SSSR count). The van der Waals surface area contributed by atoms with Gasteiger partial charge in [0, 0.05) is 0 Å². The van der Waals surface area contributed by atoms with Crippen LogP contribution in [0.3, 0.4) is 0 Å². The van der Waals surface area contributed by atoms with Crippen molar-refractivity contribution in [3.05, 3.63) is 46.3 Å². The van der Waals surface area contributed by atoms with Crippen LogP contribution in [0.1, 0.15) is 27.2 Å². The second-order valence-corrected chi connectivity index (χ2v) is 6.08. The highest BCUT2D eigenvalue weighted by Gasteiger charge is 2.11. The summed E-state index contributed by atoms with van der Waals surface area (Å²) < 4.78 is 10.3. The van der Waals surface area contributed by atoms with Crippen molar-refractivity contribution in [2.24, 2.45) is 0 Å². The number of thiophene rings is 1. The number of hydrogen-bond acceptors (Lipinski definition) is 5. The van der Waals surface area contributed by atoms with E-state index in [4.69, 9.17) is 4.74 Å². The summed E-state index contributed by atoms with van der Waals surface area (Å²) in [5, 5.41) is 3.36. The molecule has 0 fully saturated rings. The molecule has 1 aromatic carbocycles. The molecule has 1 heterocycles. The van der Waals surface area contributed by atoms with Crippen molar-refractivity contribution >= 4 is 28.2 Å². The van der Waals surface area contributed by atoms with Crippen molar-refractivity contribution in [3.8, 4) is 5.75 Å². The molecule has 122 valence electrons. The average molecular weight is 333 g/mol. The molecule has 0 unspecified atom stereocenters. The lowest BCUT2D eigenvalue weighted by Crippen LogP contribution is -2.14. The minimum Gasteiger partial charge on any atom is -0.493 e. The number of amides is 1. The van der Waals surface area contributed by atoms with E-state index in [-0.39, 0.29) is 12.3 Å². The van der Waals surface area contributed by atoms with Crippen LogP contribution in [0.15, 0.2) is 30.3 Å². The fourth-order valence-corrected chi connectivity index (χ4v) is 2.79. The van der Waals surface area contributed by atoms with Crippen LogP contribution in [0.2, 0.25) is 0 Å². The highest BCUT2D eigenvalue weighted by Crippen LogP contribution is 2.23. The zero-order valence-corrected chi connectivity index (χ0v) is 14.2. The summed E-state index contributed by atoms with van der Waals surface area (Å²) >= 11 is 1.18. The third-order valence-corrected chi connectivity index (χ3v) is 4.38. The predicted octanol–water partition coefficient (Wildman–Crippen LogP) is 3.56. The Morgan fingerprint density at radius 3 is 2.70 bits per heavy atom. The Balaban J connectivity index is 1.82. The van der Waals surface area contributed by atoms with Crippen LogP contribution in [0.5, 0.6) is 5.75 Å². The number of ether oxygens (including phenoxy) is 2. The molecule has 6 heteroatoms. The first-order chi connectivity index (χ1) is 11.0. The molecule has 1 aromatic heterocycles. The summed E-state index contributed by atoms with van der Waals surface area (Å²) in [4.78, 5) is 23.7. The standard InChI is InChI=1S/C17H19NO4S/c1-11-5-4-6-13(12(11)2)22-10-9-15(19)18-16-8-7-14(23-16)17(20)21-3/h4-8H,9-10H2,1-3H3,(H,18,19). The monoisotopic (exact) mass is 333 g/mol. The summed E-state index contributed by atoms with van der Waals surface area (Å²) in [5.74, 6) is 0.226. The van der Waals surface area contributed by atoms with Crippen LogP contribution in [-0.4, -0.2) is 25.6 Å². The molecule has 1 amide bonds. The third-order valence-electron chi connectivity index (χ3n) is 3.40. The van der Waals surface area contributed by atoms with Gasteiger partial charge in [-0.05, 0) is 43.2 Å². The van der Waals surface area contributed by atoms with Crippen molar-refractivity contribution < 1.29 is 19.1 Å². The molecule has 0 spiro atoms. The molecule has 23 heavy (non-hydrogen) atoms. The van der Waals surface area contributed by atoms with E-state index < -0.39 is 5.97 Å². The van der Waals surface area contributed by atoms with Gasteiger partial charge in [0.05, 0.1) is 25.1 Å². The number of carbonyl (C=O) groups is 2. The van der Waals surface area contributed by atoms with Gasteiger partial charge in [0.1, 0.15) is 10.6 Å². The quantitative estimate of drug-likeness (QED) is 0.821. The maximum Gasteiger partial charge on any atom is 0.348 e. The number of rotatable bonds is 6. The SMILES string of the molecule is COC(=O)c1ccc(NC(=O)CCOc2cccc(C)c2C)s1. The Hall–Kier alpha value is -2.34. The van der Waals surface area contributed by atoms with Gasteiger partial charge in [0.2, 0.25) is 5.91 Å². The van der Waals surface area contributed by atoms with E-state index in [1.165, 1.54) is 18.4 Å². The van der Waals surface area contributed by atoms with Gasteiger partial charge < -0.3 is 14.8 Å². The van der Waals surface area contributed by atoms with Gasteiger partial charge in [0.15, 0.2) is 0 Å². The molecule has 0 bridgehead atoms. The first kappa shape index (κ1) is 17.0. The maximum atomic E-state index is 11.9. The minimum absolute atomic E-state index is 0.159. The molecule has 0 saturated heterocycles. The van der Waals surface area contributed by atoms with Crippen LogP contribution in [0.4, 0.5) is 5.00 Å². The van der Waals surface area contributed by atoms with Crippen molar-refractivity contribution in [1.82, 2.24) is 0 Å². The molecule has 0 saturated carbocycles. The molecule has 0 aliphatic rings. The molecular formula is C17H19NO4S. The van der Waals surface area contributed by atoms with Crippen LogP contribution in [0.25, 0.3) is 0 Å².